The zero-order valence-electron chi connectivity index (χ0n) is 21.6. The lowest BCUT2D eigenvalue weighted by Gasteiger charge is -2.34. The predicted octanol–water partition coefficient (Wildman–Crippen LogP) is 4.38. The van der Waals surface area contributed by atoms with Crippen LogP contribution in [-0.4, -0.2) is 63.1 Å². The number of nitrogens with zero attached hydrogens (tertiary/aromatic N) is 1. The van der Waals surface area contributed by atoms with Gasteiger partial charge in [0.2, 0.25) is 11.8 Å². The molecular formula is C29H36N2O5S. The van der Waals surface area contributed by atoms with Gasteiger partial charge in [0.1, 0.15) is 6.04 Å². The van der Waals surface area contributed by atoms with Gasteiger partial charge in [-0.15, -0.1) is 11.8 Å². The van der Waals surface area contributed by atoms with Crippen molar-refractivity contribution in [2.45, 2.75) is 67.9 Å². The summed E-state index contributed by atoms with van der Waals surface area (Å²) in [6.07, 6.45) is 4.71. The van der Waals surface area contributed by atoms with Crippen LogP contribution in [-0.2, 0) is 19.1 Å². The molecule has 0 saturated carbocycles. The Hall–Kier alpha value is -2.58. The summed E-state index contributed by atoms with van der Waals surface area (Å²) in [6.45, 7) is 4.72. The molecular weight excluding hydrogens is 488 g/mol. The molecule has 2 unspecified atom stereocenters. The maximum absolute atomic E-state index is 14.0. The van der Waals surface area contributed by atoms with Crippen LogP contribution in [0.4, 0.5) is 5.69 Å². The van der Waals surface area contributed by atoms with Crippen molar-refractivity contribution in [3.63, 3.8) is 0 Å². The summed E-state index contributed by atoms with van der Waals surface area (Å²) in [4.78, 5) is 42.9. The first-order valence-corrected chi connectivity index (χ1v) is 14.2. The normalized spacial score (nSPS) is 30.1. The third-order valence-electron chi connectivity index (χ3n) is 8.39. The van der Waals surface area contributed by atoms with Gasteiger partial charge in [0, 0.05) is 23.6 Å². The molecule has 1 spiro atoms. The van der Waals surface area contributed by atoms with E-state index >= 15 is 0 Å². The van der Waals surface area contributed by atoms with Gasteiger partial charge in [-0.05, 0) is 62.4 Å². The number of esters is 1. The number of anilines is 1. The number of likely N-dealkylation sites (tertiary alicyclic amines) is 1. The molecule has 5 rings (SSSR count). The Bertz CT molecular complexity index is 1200. The summed E-state index contributed by atoms with van der Waals surface area (Å²) < 4.78 is 4.38. The molecule has 0 aliphatic carbocycles. The number of amides is 2. The number of hydrogen-bond acceptors (Lipinski definition) is 6. The fourth-order valence-electron chi connectivity index (χ4n) is 6.78. The number of carbonyl (C=O) groups excluding carboxylic acids is 3. The number of unbranched alkanes of at least 4 members (excludes halogenated alkanes) is 3. The topological polar surface area (TPSA) is 95.9 Å². The minimum Gasteiger partial charge on any atom is -0.466 e. The summed E-state index contributed by atoms with van der Waals surface area (Å²) in [7, 11) is 0. The van der Waals surface area contributed by atoms with Crippen molar-refractivity contribution in [1.82, 2.24) is 4.90 Å². The summed E-state index contributed by atoms with van der Waals surface area (Å²) in [5.74, 6) is -1.72. The third kappa shape index (κ3) is 4.42. The van der Waals surface area contributed by atoms with Crippen molar-refractivity contribution in [2.75, 3.05) is 25.1 Å². The average Bonchev–Trinajstić information content (AvgIpc) is 3.44. The molecule has 2 aromatic rings. The monoisotopic (exact) mass is 524 g/mol. The number of thioether (sulfide) groups is 1. The van der Waals surface area contributed by atoms with Crippen molar-refractivity contribution < 1.29 is 24.2 Å². The van der Waals surface area contributed by atoms with E-state index in [9.17, 15) is 14.4 Å². The molecule has 0 aromatic heterocycles. The Kier molecular flexibility index (Phi) is 7.24. The number of benzene rings is 2. The maximum Gasteiger partial charge on any atom is 0.311 e. The quantitative estimate of drug-likeness (QED) is 0.354. The smallest absolute Gasteiger partial charge is 0.311 e. The largest absolute Gasteiger partial charge is 0.466 e. The van der Waals surface area contributed by atoms with Gasteiger partial charge in [-0.25, -0.2) is 0 Å². The molecule has 3 heterocycles. The molecule has 3 aliphatic heterocycles. The van der Waals surface area contributed by atoms with Gasteiger partial charge < -0.3 is 20.1 Å². The van der Waals surface area contributed by atoms with Gasteiger partial charge in [-0.1, -0.05) is 43.2 Å². The van der Waals surface area contributed by atoms with E-state index in [1.54, 1.807) is 23.6 Å². The first-order valence-electron chi connectivity index (χ1n) is 13.4. The highest BCUT2D eigenvalue weighted by atomic mass is 32.2. The van der Waals surface area contributed by atoms with Crippen LogP contribution >= 0.6 is 11.8 Å². The Morgan fingerprint density at radius 1 is 1.11 bits per heavy atom. The van der Waals surface area contributed by atoms with Crippen molar-refractivity contribution in [2.24, 2.45) is 11.8 Å². The van der Waals surface area contributed by atoms with Crippen LogP contribution in [0.2, 0.25) is 0 Å². The van der Waals surface area contributed by atoms with Crippen molar-refractivity contribution in [3.05, 3.63) is 42.5 Å². The zero-order chi connectivity index (χ0) is 26.2. The molecule has 0 radical (unpaired) electrons. The summed E-state index contributed by atoms with van der Waals surface area (Å²) >= 11 is 1.66. The predicted molar refractivity (Wildman–Crippen MR) is 145 cm³/mol. The first kappa shape index (κ1) is 26.0. The molecule has 3 fully saturated rings. The van der Waals surface area contributed by atoms with E-state index in [0.717, 1.165) is 49.3 Å². The molecule has 7 nitrogen and oxygen atoms in total. The third-order valence-corrected chi connectivity index (χ3v) is 10.4. The Morgan fingerprint density at radius 3 is 2.62 bits per heavy atom. The SMILES string of the molecule is CCOC(=O)[C@H]1[C@H]2C(=O)N(CCCCCCO)C(C(=O)Nc3ccc4ccccc4c3)C23CC[C@]1(C)S3. The molecule has 8 heteroatoms. The van der Waals surface area contributed by atoms with Crippen LogP contribution < -0.4 is 5.32 Å². The molecule has 3 saturated heterocycles. The molecule has 37 heavy (non-hydrogen) atoms. The van der Waals surface area contributed by atoms with E-state index in [0.29, 0.717) is 12.2 Å². The maximum atomic E-state index is 14.0. The molecule has 5 atom stereocenters. The second-order valence-corrected chi connectivity index (χ2v) is 12.6. The number of nitrogens with one attached hydrogen (secondary N) is 1. The molecule has 2 aromatic carbocycles. The lowest BCUT2D eigenvalue weighted by atomic mass is 9.66. The Morgan fingerprint density at radius 2 is 1.86 bits per heavy atom. The van der Waals surface area contributed by atoms with Gasteiger partial charge in [-0.3, -0.25) is 14.4 Å². The fourth-order valence-corrected chi connectivity index (χ4v) is 9.13. The van der Waals surface area contributed by atoms with Gasteiger partial charge >= 0.3 is 5.97 Å². The van der Waals surface area contributed by atoms with Crippen LogP contribution in [0.15, 0.2) is 42.5 Å². The van der Waals surface area contributed by atoms with Crippen molar-refractivity contribution >= 4 is 46.0 Å². The van der Waals surface area contributed by atoms with E-state index in [2.05, 4.69) is 12.2 Å². The summed E-state index contributed by atoms with van der Waals surface area (Å²) in [5.41, 5.74) is 0.699. The minimum absolute atomic E-state index is 0.102. The van der Waals surface area contributed by atoms with Crippen LogP contribution in [0.3, 0.4) is 0 Å². The van der Waals surface area contributed by atoms with Crippen molar-refractivity contribution in [3.8, 4) is 0 Å². The fraction of sp³-hybridized carbons (Fsp3) is 0.552. The Balaban J connectivity index is 1.46. The van der Waals surface area contributed by atoms with Gasteiger partial charge in [0.05, 0.1) is 23.2 Å². The molecule has 198 valence electrons. The first-order chi connectivity index (χ1) is 17.8. The molecule has 2 bridgehead atoms. The van der Waals surface area contributed by atoms with Gasteiger partial charge in [0.25, 0.3) is 0 Å². The highest BCUT2D eigenvalue weighted by molar-refractivity contribution is 8.02. The molecule has 2 N–H and O–H groups in total. The van der Waals surface area contributed by atoms with E-state index in [1.807, 2.05) is 42.5 Å². The highest BCUT2D eigenvalue weighted by Crippen LogP contribution is 2.71. The van der Waals surface area contributed by atoms with E-state index in [4.69, 9.17) is 9.84 Å². The number of ether oxygens (including phenoxy) is 1. The van der Waals surface area contributed by atoms with Crippen LogP contribution in [0.5, 0.6) is 0 Å². The lowest BCUT2D eigenvalue weighted by Crippen LogP contribution is -2.51. The van der Waals surface area contributed by atoms with Crippen LogP contribution in [0.1, 0.15) is 52.4 Å². The van der Waals surface area contributed by atoms with E-state index < -0.39 is 27.4 Å². The van der Waals surface area contributed by atoms with Gasteiger partial charge in [0.15, 0.2) is 0 Å². The summed E-state index contributed by atoms with van der Waals surface area (Å²) in [6, 6.07) is 13.2. The Labute approximate surface area is 222 Å². The number of hydrogen-bond donors (Lipinski definition) is 2. The number of aliphatic hydroxyl groups is 1. The zero-order valence-corrected chi connectivity index (χ0v) is 22.4. The molecule has 3 aliphatic rings. The average molecular weight is 525 g/mol. The number of aliphatic hydroxyl groups excluding tert-OH is 1. The van der Waals surface area contributed by atoms with Crippen LogP contribution in [0.25, 0.3) is 10.8 Å². The van der Waals surface area contributed by atoms with Gasteiger partial charge in [-0.2, -0.15) is 0 Å². The van der Waals surface area contributed by atoms with Crippen LogP contribution in [0, 0.1) is 11.8 Å². The number of rotatable bonds is 10. The minimum atomic E-state index is -0.652. The molecule has 2 amide bonds. The second kappa shape index (κ2) is 10.3. The number of carbonyl (C=O) groups is 3. The number of fused-ring (bicyclic) bond motifs is 2. The highest BCUT2D eigenvalue weighted by Gasteiger charge is 2.77. The summed E-state index contributed by atoms with van der Waals surface area (Å²) in [5, 5.41) is 14.3. The van der Waals surface area contributed by atoms with E-state index in [1.165, 1.54) is 0 Å². The van der Waals surface area contributed by atoms with Crippen molar-refractivity contribution in [1.29, 1.82) is 0 Å². The lowest BCUT2D eigenvalue weighted by molar-refractivity contribution is -0.155. The standard InChI is InChI=1S/C29H36N2O5S/c1-3-36-27(35)23-22-26(34)31(16-8-4-5-9-17-32)24(29(22)15-14-28(23,2)37-29)25(33)30-21-13-12-19-10-6-7-11-20(19)18-21/h6-7,10-13,18,22-24,32H,3-5,8-9,14-17H2,1-2H3,(H,30,33)/t22-,23+,24?,28-,29?/m0/s1. The second-order valence-electron chi connectivity index (χ2n) is 10.7. The van der Waals surface area contributed by atoms with E-state index in [-0.39, 0.29) is 31.0 Å².